The zero-order chi connectivity index (χ0) is 16.6. The van der Waals surface area contributed by atoms with Crippen LogP contribution >= 0.6 is 43.2 Å². The van der Waals surface area contributed by atoms with Crippen LogP contribution < -0.4 is 10.2 Å². The second-order valence-electron chi connectivity index (χ2n) is 4.60. The highest BCUT2D eigenvalue weighted by Gasteiger charge is 2.36. The van der Waals surface area contributed by atoms with E-state index in [1.54, 1.807) is 30.3 Å². The Morgan fingerprint density at radius 2 is 1.74 bits per heavy atom. The summed E-state index contributed by atoms with van der Waals surface area (Å²) in [6.45, 7) is 0. The molecule has 116 valence electrons. The zero-order valence-electron chi connectivity index (χ0n) is 11.4. The topological polar surface area (TPSA) is 66.5 Å². The van der Waals surface area contributed by atoms with Crippen molar-refractivity contribution < 1.29 is 14.4 Å². The van der Waals surface area contributed by atoms with Crippen molar-refractivity contribution in [3.05, 3.63) is 55.1 Å². The Hall–Kier alpha value is -1.77. The number of urea groups is 1. The smallest absolute Gasteiger partial charge is 0.273 e. The van der Waals surface area contributed by atoms with Crippen molar-refractivity contribution in [2.24, 2.45) is 0 Å². The number of nitrogens with one attached hydrogen (secondary N) is 1. The van der Waals surface area contributed by atoms with Gasteiger partial charge in [-0.15, -0.1) is 11.3 Å². The van der Waals surface area contributed by atoms with Gasteiger partial charge in [0.05, 0.1) is 5.69 Å². The lowest BCUT2D eigenvalue weighted by Gasteiger charge is -2.26. The molecule has 3 rings (SSSR count). The molecule has 1 fully saturated rings. The van der Waals surface area contributed by atoms with E-state index in [0.29, 0.717) is 5.69 Å². The largest absolute Gasteiger partial charge is 0.335 e. The Kier molecular flexibility index (Phi) is 4.47. The van der Waals surface area contributed by atoms with E-state index in [9.17, 15) is 14.4 Å². The van der Waals surface area contributed by atoms with Gasteiger partial charge in [-0.25, -0.2) is 9.69 Å². The van der Waals surface area contributed by atoms with E-state index in [1.807, 2.05) is 5.38 Å². The first-order valence-corrected chi connectivity index (χ1v) is 8.83. The van der Waals surface area contributed by atoms with E-state index in [4.69, 9.17) is 0 Å². The van der Waals surface area contributed by atoms with Crippen molar-refractivity contribution in [2.45, 2.75) is 0 Å². The van der Waals surface area contributed by atoms with Gasteiger partial charge < -0.3 is 0 Å². The Labute approximate surface area is 152 Å². The molecule has 1 aromatic carbocycles. The monoisotopic (exact) mass is 454 g/mol. The van der Waals surface area contributed by atoms with Crippen LogP contribution in [0.2, 0.25) is 0 Å². The Morgan fingerprint density at radius 1 is 1.04 bits per heavy atom. The van der Waals surface area contributed by atoms with Gasteiger partial charge in [0.2, 0.25) is 0 Å². The first-order chi connectivity index (χ1) is 11.0. The lowest BCUT2D eigenvalue weighted by atomic mass is 10.1. The van der Waals surface area contributed by atoms with E-state index >= 15 is 0 Å². The summed E-state index contributed by atoms with van der Waals surface area (Å²) in [6.07, 6.45) is 1.48. The van der Waals surface area contributed by atoms with Gasteiger partial charge in [-0.05, 0) is 52.3 Å². The molecule has 1 N–H and O–H groups in total. The summed E-state index contributed by atoms with van der Waals surface area (Å²) >= 11 is 8.00. The molecule has 2 aromatic rings. The number of benzene rings is 1. The van der Waals surface area contributed by atoms with Crippen LogP contribution in [0.15, 0.2) is 50.2 Å². The third-order valence-corrected chi connectivity index (χ3v) is 5.23. The highest BCUT2D eigenvalue weighted by Crippen LogP contribution is 2.26. The minimum atomic E-state index is -0.758. The Bertz CT molecular complexity index is 843. The second-order valence-corrected chi connectivity index (χ2v) is 7.38. The molecule has 23 heavy (non-hydrogen) atoms. The number of nitrogens with zero attached hydrogens (tertiary/aromatic N) is 1. The third-order valence-electron chi connectivity index (χ3n) is 3.06. The molecule has 0 unspecified atom stereocenters. The van der Waals surface area contributed by atoms with E-state index in [2.05, 4.69) is 37.2 Å². The predicted molar refractivity (Wildman–Crippen MR) is 95.2 cm³/mol. The maximum absolute atomic E-state index is 12.6. The lowest BCUT2D eigenvalue weighted by molar-refractivity contribution is -0.122. The standard InChI is InChI=1S/C15H8Br2N2O3S/c16-8-1-3-10(4-2-8)19-14(21)12(13(20)18-15(19)22)6-11-5-9(17)7-23-11/h1-7H,(H,18,20,22)/b12-6+. The van der Waals surface area contributed by atoms with Gasteiger partial charge in [-0.3, -0.25) is 14.9 Å². The van der Waals surface area contributed by atoms with E-state index in [-0.39, 0.29) is 5.57 Å². The molecule has 0 radical (unpaired) electrons. The molecule has 1 aliphatic heterocycles. The zero-order valence-corrected chi connectivity index (χ0v) is 15.4. The number of carbonyl (C=O) groups is 3. The van der Waals surface area contributed by atoms with Crippen LogP contribution in [0.1, 0.15) is 4.88 Å². The maximum Gasteiger partial charge on any atom is 0.335 e. The minimum absolute atomic E-state index is 0.0816. The van der Waals surface area contributed by atoms with Crippen molar-refractivity contribution in [1.82, 2.24) is 5.32 Å². The summed E-state index contributed by atoms with van der Waals surface area (Å²) in [7, 11) is 0. The molecule has 4 amide bonds. The quantitative estimate of drug-likeness (QED) is 0.550. The number of rotatable bonds is 2. The molecule has 5 nitrogen and oxygen atoms in total. The molecule has 0 aliphatic carbocycles. The summed E-state index contributed by atoms with van der Waals surface area (Å²) in [6, 6.07) is 7.70. The number of carbonyl (C=O) groups excluding carboxylic acids is 3. The Morgan fingerprint density at radius 3 is 2.35 bits per heavy atom. The summed E-state index contributed by atoms with van der Waals surface area (Å²) in [5.74, 6) is -1.34. The summed E-state index contributed by atoms with van der Waals surface area (Å²) in [4.78, 5) is 38.3. The number of barbiturate groups is 1. The fraction of sp³-hybridized carbons (Fsp3) is 0. The lowest BCUT2D eigenvalue weighted by Crippen LogP contribution is -2.54. The van der Waals surface area contributed by atoms with Gasteiger partial charge in [0, 0.05) is 19.2 Å². The van der Waals surface area contributed by atoms with Crippen molar-refractivity contribution >= 4 is 72.8 Å². The Balaban J connectivity index is 2.00. The first-order valence-electron chi connectivity index (χ1n) is 6.37. The number of imide groups is 2. The van der Waals surface area contributed by atoms with Crippen LogP contribution in [0.4, 0.5) is 10.5 Å². The summed E-state index contributed by atoms with van der Waals surface area (Å²) in [5, 5.41) is 4.03. The number of amides is 4. The van der Waals surface area contributed by atoms with Crippen LogP contribution in [0.3, 0.4) is 0 Å². The molecular weight excluding hydrogens is 448 g/mol. The SMILES string of the molecule is O=C1NC(=O)N(c2ccc(Br)cc2)C(=O)/C1=C/c1cc(Br)cs1. The van der Waals surface area contributed by atoms with Crippen molar-refractivity contribution in [1.29, 1.82) is 0 Å². The van der Waals surface area contributed by atoms with Crippen LogP contribution in [0.25, 0.3) is 6.08 Å². The van der Waals surface area contributed by atoms with Crippen molar-refractivity contribution in [3.8, 4) is 0 Å². The molecule has 0 saturated carbocycles. The summed E-state index contributed by atoms with van der Waals surface area (Å²) in [5.41, 5.74) is 0.309. The van der Waals surface area contributed by atoms with Gasteiger partial charge in [-0.2, -0.15) is 0 Å². The molecular formula is C15H8Br2N2O3S. The molecule has 0 spiro atoms. The fourth-order valence-electron chi connectivity index (χ4n) is 2.03. The maximum atomic E-state index is 12.6. The van der Waals surface area contributed by atoms with Crippen molar-refractivity contribution in [3.63, 3.8) is 0 Å². The van der Waals surface area contributed by atoms with E-state index < -0.39 is 17.8 Å². The number of hydrogen-bond donors (Lipinski definition) is 1. The summed E-state index contributed by atoms with van der Waals surface area (Å²) < 4.78 is 1.68. The molecule has 2 heterocycles. The molecule has 0 bridgehead atoms. The first kappa shape index (κ1) is 16.1. The molecule has 8 heteroatoms. The highest BCUT2D eigenvalue weighted by atomic mass is 79.9. The van der Waals surface area contributed by atoms with E-state index in [1.165, 1.54) is 17.4 Å². The fourth-order valence-corrected chi connectivity index (χ4v) is 3.67. The highest BCUT2D eigenvalue weighted by molar-refractivity contribution is 9.10. The van der Waals surface area contributed by atoms with Gasteiger partial charge >= 0.3 is 6.03 Å². The third kappa shape index (κ3) is 3.29. The molecule has 1 saturated heterocycles. The number of hydrogen-bond acceptors (Lipinski definition) is 4. The van der Waals surface area contributed by atoms with Crippen LogP contribution in [-0.2, 0) is 9.59 Å². The van der Waals surface area contributed by atoms with Crippen LogP contribution in [0, 0.1) is 0 Å². The molecule has 1 aromatic heterocycles. The number of halogens is 2. The van der Waals surface area contributed by atoms with Gasteiger partial charge in [0.15, 0.2) is 0 Å². The number of thiophene rings is 1. The molecule has 0 atom stereocenters. The second kappa shape index (κ2) is 6.38. The van der Waals surface area contributed by atoms with Crippen LogP contribution in [-0.4, -0.2) is 17.8 Å². The average Bonchev–Trinajstić information content (AvgIpc) is 2.91. The van der Waals surface area contributed by atoms with Gasteiger partial charge in [-0.1, -0.05) is 15.9 Å². The van der Waals surface area contributed by atoms with Gasteiger partial charge in [0.25, 0.3) is 11.8 Å². The normalized spacial score (nSPS) is 16.9. The minimum Gasteiger partial charge on any atom is -0.273 e. The van der Waals surface area contributed by atoms with Crippen molar-refractivity contribution in [2.75, 3.05) is 4.90 Å². The van der Waals surface area contributed by atoms with Crippen LogP contribution in [0.5, 0.6) is 0 Å². The number of anilines is 1. The molecule has 1 aliphatic rings. The van der Waals surface area contributed by atoms with Gasteiger partial charge in [0.1, 0.15) is 5.57 Å². The van der Waals surface area contributed by atoms with E-state index in [0.717, 1.165) is 18.7 Å². The average molecular weight is 456 g/mol. The predicted octanol–water partition coefficient (Wildman–Crippen LogP) is 3.94.